The molecule has 0 amide bonds. The van der Waals surface area contributed by atoms with Crippen LogP contribution >= 0.6 is 0 Å². The molecule has 7 nitrogen and oxygen atoms in total. The van der Waals surface area contributed by atoms with Crippen LogP contribution in [0.25, 0.3) is 0 Å². The first-order valence-electron chi connectivity index (χ1n) is 6.73. The fourth-order valence-corrected chi connectivity index (χ4v) is 3.33. The van der Waals surface area contributed by atoms with Gasteiger partial charge in [0.15, 0.2) is 0 Å². The molecule has 114 valence electrons. The lowest BCUT2D eigenvalue weighted by Crippen LogP contribution is -2.32. The maximum atomic E-state index is 11.9. The van der Waals surface area contributed by atoms with Crippen molar-refractivity contribution in [1.82, 2.24) is 14.5 Å². The molecule has 1 fully saturated rings. The third kappa shape index (κ3) is 4.02. The Morgan fingerprint density at radius 1 is 1.55 bits per heavy atom. The van der Waals surface area contributed by atoms with Gasteiger partial charge in [0.1, 0.15) is 4.90 Å². The van der Waals surface area contributed by atoms with Crippen molar-refractivity contribution in [3.8, 4) is 0 Å². The van der Waals surface area contributed by atoms with Crippen LogP contribution in [0.1, 0.15) is 19.3 Å². The topological polar surface area (TPSA) is 93.5 Å². The summed E-state index contributed by atoms with van der Waals surface area (Å²) < 4.78 is 33.0. The van der Waals surface area contributed by atoms with Gasteiger partial charge in [-0.1, -0.05) is 0 Å². The summed E-state index contributed by atoms with van der Waals surface area (Å²) >= 11 is 0. The van der Waals surface area contributed by atoms with Gasteiger partial charge >= 0.3 is 0 Å². The van der Waals surface area contributed by atoms with Crippen molar-refractivity contribution in [3.05, 3.63) is 12.4 Å². The summed E-state index contributed by atoms with van der Waals surface area (Å²) in [5.41, 5.74) is 0. The second-order valence-corrected chi connectivity index (χ2v) is 6.82. The summed E-state index contributed by atoms with van der Waals surface area (Å²) in [7, 11) is -1.87. The molecule has 1 aliphatic heterocycles. The van der Waals surface area contributed by atoms with Gasteiger partial charge in [0.2, 0.25) is 10.0 Å². The molecular weight excluding hydrogens is 282 g/mol. The second-order valence-electron chi connectivity index (χ2n) is 5.05. The molecule has 8 heteroatoms. The lowest BCUT2D eigenvalue weighted by molar-refractivity contribution is 0.00567. The number of hydrogen-bond donors (Lipinski definition) is 2. The fraction of sp³-hybridized carbons (Fsp3) is 0.750. The number of sulfonamides is 1. The van der Waals surface area contributed by atoms with Gasteiger partial charge in [-0.25, -0.2) is 13.1 Å². The summed E-state index contributed by atoms with van der Waals surface area (Å²) in [6, 6.07) is 0. The fourth-order valence-electron chi connectivity index (χ4n) is 2.30. The van der Waals surface area contributed by atoms with E-state index >= 15 is 0 Å². The standard InChI is InChI=1S/C12H21N3O4S/c1-15-9-11(8-13-15)20(17,18)14-5-2-12(16)10-3-6-19-7-4-10/h8-10,12,14,16H,2-7H2,1H3/t12-/m0/s1. The molecule has 0 saturated carbocycles. The van der Waals surface area contributed by atoms with Gasteiger partial charge in [-0.05, 0) is 25.2 Å². The van der Waals surface area contributed by atoms with Gasteiger partial charge in [-0.3, -0.25) is 4.68 Å². The Kier molecular flexibility index (Phi) is 5.14. The lowest BCUT2D eigenvalue weighted by Gasteiger charge is -2.26. The highest BCUT2D eigenvalue weighted by atomic mass is 32.2. The summed E-state index contributed by atoms with van der Waals surface area (Å²) in [5, 5.41) is 13.9. The maximum absolute atomic E-state index is 11.9. The van der Waals surface area contributed by atoms with Crippen LogP contribution in [0.3, 0.4) is 0 Å². The van der Waals surface area contributed by atoms with Crippen molar-refractivity contribution >= 4 is 10.0 Å². The Balaban J connectivity index is 1.80. The maximum Gasteiger partial charge on any atom is 0.243 e. The zero-order valence-corrected chi connectivity index (χ0v) is 12.3. The lowest BCUT2D eigenvalue weighted by atomic mass is 9.92. The molecule has 1 aromatic rings. The third-order valence-corrected chi connectivity index (χ3v) is 4.95. The molecule has 0 spiro atoms. The van der Waals surface area contributed by atoms with E-state index in [9.17, 15) is 13.5 Å². The van der Waals surface area contributed by atoms with Gasteiger partial charge in [-0.15, -0.1) is 0 Å². The smallest absolute Gasteiger partial charge is 0.243 e. The number of aromatic nitrogens is 2. The number of aliphatic hydroxyl groups excluding tert-OH is 1. The third-order valence-electron chi connectivity index (χ3n) is 3.53. The first kappa shape index (κ1) is 15.4. The van der Waals surface area contributed by atoms with Crippen molar-refractivity contribution in [2.24, 2.45) is 13.0 Å². The number of hydrogen-bond acceptors (Lipinski definition) is 5. The molecule has 0 aromatic carbocycles. The number of nitrogens with one attached hydrogen (secondary N) is 1. The van der Waals surface area contributed by atoms with Crippen molar-refractivity contribution in [1.29, 1.82) is 0 Å². The minimum atomic E-state index is -3.53. The van der Waals surface area contributed by atoms with E-state index < -0.39 is 16.1 Å². The van der Waals surface area contributed by atoms with Crippen LogP contribution in [-0.4, -0.2) is 49.2 Å². The van der Waals surface area contributed by atoms with Crippen molar-refractivity contribution in [3.63, 3.8) is 0 Å². The Labute approximate surface area is 119 Å². The minimum absolute atomic E-state index is 0.139. The van der Waals surface area contributed by atoms with Gasteiger partial charge in [-0.2, -0.15) is 5.10 Å². The molecule has 0 radical (unpaired) electrons. The van der Waals surface area contributed by atoms with E-state index in [1.54, 1.807) is 7.05 Å². The van der Waals surface area contributed by atoms with Crippen LogP contribution in [0.4, 0.5) is 0 Å². The first-order valence-corrected chi connectivity index (χ1v) is 8.21. The molecular formula is C12H21N3O4S. The van der Waals surface area contributed by atoms with Crippen LogP contribution < -0.4 is 4.72 Å². The van der Waals surface area contributed by atoms with E-state index in [1.165, 1.54) is 17.1 Å². The first-order chi connectivity index (χ1) is 9.49. The molecule has 2 N–H and O–H groups in total. The van der Waals surface area contributed by atoms with E-state index in [4.69, 9.17) is 4.74 Å². The van der Waals surface area contributed by atoms with E-state index in [2.05, 4.69) is 9.82 Å². The summed E-state index contributed by atoms with van der Waals surface area (Å²) in [6.45, 7) is 1.56. The average molecular weight is 303 g/mol. The monoisotopic (exact) mass is 303 g/mol. The van der Waals surface area contributed by atoms with Crippen LogP contribution in [-0.2, 0) is 21.8 Å². The Hall–Kier alpha value is -0.960. The summed E-state index contributed by atoms with van der Waals surface area (Å²) in [4.78, 5) is 0.139. The number of rotatable bonds is 6. The highest BCUT2D eigenvalue weighted by Gasteiger charge is 2.23. The molecule has 1 aliphatic rings. The number of aryl methyl sites for hydroxylation is 1. The van der Waals surface area contributed by atoms with Crippen molar-refractivity contribution in [2.45, 2.75) is 30.3 Å². The largest absolute Gasteiger partial charge is 0.393 e. The van der Waals surface area contributed by atoms with E-state index in [0.29, 0.717) is 19.6 Å². The SMILES string of the molecule is Cn1cc(S(=O)(=O)NCC[C@H](O)C2CCOCC2)cn1. The number of ether oxygens (including phenoxy) is 1. The quantitative estimate of drug-likeness (QED) is 0.764. The second kappa shape index (κ2) is 6.66. The van der Waals surface area contributed by atoms with E-state index in [-0.39, 0.29) is 17.4 Å². The Bertz CT molecular complexity index is 523. The zero-order chi connectivity index (χ0) is 14.6. The van der Waals surface area contributed by atoms with Gasteiger partial charge in [0.25, 0.3) is 0 Å². The highest BCUT2D eigenvalue weighted by molar-refractivity contribution is 7.89. The predicted molar refractivity (Wildman–Crippen MR) is 72.6 cm³/mol. The number of nitrogens with zero attached hydrogens (tertiary/aromatic N) is 2. The average Bonchev–Trinajstić information content (AvgIpc) is 2.87. The molecule has 2 heterocycles. The van der Waals surface area contributed by atoms with Crippen LogP contribution in [0.5, 0.6) is 0 Å². The van der Waals surface area contributed by atoms with Gasteiger partial charge < -0.3 is 9.84 Å². The molecule has 1 aromatic heterocycles. The molecule has 2 rings (SSSR count). The predicted octanol–water partition coefficient (Wildman–Crippen LogP) is -0.124. The van der Waals surface area contributed by atoms with Crippen LogP contribution in [0, 0.1) is 5.92 Å². The molecule has 1 atom stereocenters. The Morgan fingerprint density at radius 3 is 2.85 bits per heavy atom. The van der Waals surface area contributed by atoms with Crippen molar-refractivity contribution < 1.29 is 18.3 Å². The highest BCUT2D eigenvalue weighted by Crippen LogP contribution is 2.20. The zero-order valence-electron chi connectivity index (χ0n) is 11.5. The summed E-state index contributed by atoms with van der Waals surface area (Å²) in [6.07, 6.45) is 4.32. The van der Waals surface area contributed by atoms with Gasteiger partial charge in [0.05, 0.1) is 12.3 Å². The minimum Gasteiger partial charge on any atom is -0.393 e. The normalized spacial score (nSPS) is 19.1. The molecule has 20 heavy (non-hydrogen) atoms. The van der Waals surface area contributed by atoms with Crippen LogP contribution in [0.15, 0.2) is 17.3 Å². The number of aliphatic hydroxyl groups is 1. The van der Waals surface area contributed by atoms with Crippen LogP contribution in [0.2, 0.25) is 0 Å². The molecule has 0 unspecified atom stereocenters. The summed E-state index contributed by atoms with van der Waals surface area (Å²) in [5.74, 6) is 0.201. The Morgan fingerprint density at radius 2 is 2.25 bits per heavy atom. The van der Waals surface area contributed by atoms with E-state index in [1.807, 2.05) is 0 Å². The van der Waals surface area contributed by atoms with E-state index in [0.717, 1.165) is 12.8 Å². The van der Waals surface area contributed by atoms with Crippen molar-refractivity contribution in [2.75, 3.05) is 19.8 Å². The molecule has 1 saturated heterocycles. The molecule has 0 aliphatic carbocycles. The molecule has 0 bridgehead atoms. The van der Waals surface area contributed by atoms with Gasteiger partial charge in [0, 0.05) is 33.0 Å².